The molecule has 0 saturated carbocycles. The lowest BCUT2D eigenvalue weighted by Gasteiger charge is -2.27. The first-order chi connectivity index (χ1) is 14.5. The number of likely N-dealkylation sites (tertiary alicyclic amines) is 1. The molecule has 2 fully saturated rings. The molecule has 8 heteroatoms. The van der Waals surface area contributed by atoms with E-state index >= 15 is 0 Å². The van der Waals surface area contributed by atoms with E-state index in [0.29, 0.717) is 25.2 Å². The number of hydrogen-bond acceptors (Lipinski definition) is 4. The lowest BCUT2D eigenvalue weighted by atomic mass is 9.79. The number of hydrogen-bond donors (Lipinski definition) is 1. The second-order valence-electron chi connectivity index (χ2n) is 7.46. The number of nitrogens with one attached hydrogen (secondary N) is 1. The van der Waals surface area contributed by atoms with Gasteiger partial charge in [0.1, 0.15) is 11.2 Å². The highest BCUT2D eigenvalue weighted by atomic mass is 19.1. The Labute approximate surface area is 173 Å². The van der Waals surface area contributed by atoms with E-state index in [1.807, 2.05) is 30.3 Å². The van der Waals surface area contributed by atoms with Crippen molar-refractivity contribution in [1.29, 1.82) is 0 Å². The van der Waals surface area contributed by atoms with Crippen LogP contribution >= 0.6 is 0 Å². The first kappa shape index (κ1) is 19.9. The van der Waals surface area contributed by atoms with E-state index < -0.39 is 23.1 Å². The summed E-state index contributed by atoms with van der Waals surface area (Å²) >= 11 is 0. The van der Waals surface area contributed by atoms with E-state index in [9.17, 15) is 18.8 Å². The third-order valence-electron chi connectivity index (χ3n) is 5.81. The minimum absolute atomic E-state index is 0.0936. The number of rotatable bonds is 4. The fourth-order valence-electron chi connectivity index (χ4n) is 4.19. The lowest BCUT2D eigenvalue weighted by molar-refractivity contribution is -0.147. The van der Waals surface area contributed by atoms with Gasteiger partial charge in [-0.2, -0.15) is 0 Å². The van der Waals surface area contributed by atoms with Crippen molar-refractivity contribution in [2.75, 3.05) is 38.2 Å². The topological polar surface area (TPSA) is 79.0 Å². The van der Waals surface area contributed by atoms with Gasteiger partial charge in [0, 0.05) is 31.9 Å². The van der Waals surface area contributed by atoms with Gasteiger partial charge in [-0.05, 0) is 30.2 Å². The van der Waals surface area contributed by atoms with E-state index in [-0.39, 0.29) is 24.7 Å². The highest BCUT2D eigenvalue weighted by molar-refractivity contribution is 5.99. The standard InChI is InChI=1S/C22H22FN3O4/c1-30-20(28)22(15-5-3-2-4-6-15)9-11-25(14-22)19(27)17-13-16(7-8-18(17)23)26-12-10-24-21(26)29/h2-8,13H,9-12,14H2,1H3,(H,24,29)/t22-/m0/s1. The number of amides is 3. The van der Waals surface area contributed by atoms with Gasteiger partial charge in [-0.25, -0.2) is 9.18 Å². The zero-order valence-electron chi connectivity index (χ0n) is 16.6. The first-order valence-corrected chi connectivity index (χ1v) is 9.74. The molecule has 0 bridgehead atoms. The van der Waals surface area contributed by atoms with Crippen LogP contribution in [0.1, 0.15) is 22.3 Å². The zero-order valence-corrected chi connectivity index (χ0v) is 16.6. The summed E-state index contributed by atoms with van der Waals surface area (Å²) < 4.78 is 19.6. The number of nitrogens with zero attached hydrogens (tertiary/aromatic N) is 2. The van der Waals surface area contributed by atoms with Crippen LogP contribution < -0.4 is 10.2 Å². The second-order valence-corrected chi connectivity index (χ2v) is 7.46. The van der Waals surface area contributed by atoms with Gasteiger partial charge >= 0.3 is 12.0 Å². The molecular weight excluding hydrogens is 389 g/mol. The monoisotopic (exact) mass is 411 g/mol. The normalized spacial score (nSPS) is 20.9. The number of esters is 1. The van der Waals surface area contributed by atoms with Gasteiger partial charge < -0.3 is 15.0 Å². The summed E-state index contributed by atoms with van der Waals surface area (Å²) in [6.45, 7) is 1.32. The average molecular weight is 411 g/mol. The summed E-state index contributed by atoms with van der Waals surface area (Å²) in [4.78, 5) is 40.7. The van der Waals surface area contributed by atoms with Crippen LogP contribution in [0.15, 0.2) is 48.5 Å². The Morgan fingerprint density at radius 1 is 1.13 bits per heavy atom. The van der Waals surface area contributed by atoms with Crippen LogP contribution in [0, 0.1) is 5.82 Å². The predicted octanol–water partition coefficient (Wildman–Crippen LogP) is 2.31. The molecule has 0 spiro atoms. The molecule has 1 atom stereocenters. The van der Waals surface area contributed by atoms with Gasteiger partial charge in [0.05, 0.1) is 12.7 Å². The van der Waals surface area contributed by atoms with Crippen molar-refractivity contribution in [3.05, 3.63) is 65.5 Å². The molecule has 0 aromatic heterocycles. The fraction of sp³-hybridized carbons (Fsp3) is 0.318. The Balaban J connectivity index is 1.63. The van der Waals surface area contributed by atoms with E-state index in [2.05, 4.69) is 5.32 Å². The van der Waals surface area contributed by atoms with E-state index in [1.165, 1.54) is 35.1 Å². The van der Waals surface area contributed by atoms with Gasteiger partial charge in [0.25, 0.3) is 5.91 Å². The van der Waals surface area contributed by atoms with Crippen molar-refractivity contribution in [3.63, 3.8) is 0 Å². The maximum atomic E-state index is 14.5. The molecule has 2 heterocycles. The van der Waals surface area contributed by atoms with Gasteiger partial charge in [-0.1, -0.05) is 30.3 Å². The van der Waals surface area contributed by atoms with Crippen LogP contribution in [0.25, 0.3) is 0 Å². The number of anilines is 1. The molecule has 4 rings (SSSR count). The maximum absolute atomic E-state index is 14.5. The average Bonchev–Trinajstić information content (AvgIpc) is 3.41. The minimum atomic E-state index is -0.991. The summed E-state index contributed by atoms with van der Waals surface area (Å²) in [5, 5.41) is 2.68. The zero-order chi connectivity index (χ0) is 21.3. The van der Waals surface area contributed by atoms with E-state index in [0.717, 1.165) is 5.56 Å². The summed E-state index contributed by atoms with van der Waals surface area (Å²) in [6, 6.07) is 12.9. The number of methoxy groups -OCH3 is 1. The van der Waals surface area contributed by atoms with Gasteiger partial charge in [-0.3, -0.25) is 14.5 Å². The summed E-state index contributed by atoms with van der Waals surface area (Å²) in [6.07, 6.45) is 0.380. The number of halogens is 1. The Kier molecular flexibility index (Phi) is 5.15. The van der Waals surface area contributed by atoms with Crippen LogP contribution in [0.4, 0.5) is 14.9 Å². The maximum Gasteiger partial charge on any atom is 0.321 e. The third kappa shape index (κ3) is 3.28. The molecule has 2 aliphatic heterocycles. The molecule has 30 heavy (non-hydrogen) atoms. The number of urea groups is 1. The second kappa shape index (κ2) is 7.78. The minimum Gasteiger partial charge on any atom is -0.468 e. The molecule has 0 aliphatic carbocycles. The van der Waals surface area contributed by atoms with Crippen molar-refractivity contribution in [3.8, 4) is 0 Å². The Hall–Kier alpha value is -3.42. The molecule has 7 nitrogen and oxygen atoms in total. The lowest BCUT2D eigenvalue weighted by Crippen LogP contribution is -2.41. The van der Waals surface area contributed by atoms with Crippen molar-refractivity contribution in [1.82, 2.24) is 10.2 Å². The molecule has 2 aromatic carbocycles. The van der Waals surface area contributed by atoms with Crippen LogP contribution in [0.3, 0.4) is 0 Å². The number of carbonyl (C=O) groups excluding carboxylic acids is 3. The quantitative estimate of drug-likeness (QED) is 0.784. The van der Waals surface area contributed by atoms with Crippen molar-refractivity contribution >= 4 is 23.6 Å². The highest BCUT2D eigenvalue weighted by Crippen LogP contribution is 2.37. The number of benzene rings is 2. The summed E-state index contributed by atoms with van der Waals surface area (Å²) in [5.41, 5.74) is 0.0986. The van der Waals surface area contributed by atoms with E-state index in [1.54, 1.807) is 0 Å². The molecule has 0 radical (unpaired) electrons. The van der Waals surface area contributed by atoms with Gasteiger partial charge in [-0.15, -0.1) is 0 Å². The number of carbonyl (C=O) groups is 3. The van der Waals surface area contributed by atoms with Crippen molar-refractivity contribution < 1.29 is 23.5 Å². The smallest absolute Gasteiger partial charge is 0.321 e. The molecule has 3 amide bonds. The van der Waals surface area contributed by atoms with Gasteiger partial charge in [0.2, 0.25) is 0 Å². The van der Waals surface area contributed by atoms with Crippen LogP contribution in [0.5, 0.6) is 0 Å². The molecule has 2 aromatic rings. The third-order valence-corrected chi connectivity index (χ3v) is 5.81. The Morgan fingerprint density at radius 2 is 1.90 bits per heavy atom. The molecule has 2 saturated heterocycles. The largest absolute Gasteiger partial charge is 0.468 e. The first-order valence-electron chi connectivity index (χ1n) is 9.74. The van der Waals surface area contributed by atoms with Crippen LogP contribution in [-0.4, -0.2) is 56.1 Å². The SMILES string of the molecule is COC(=O)[C@@]1(c2ccccc2)CCN(C(=O)c2cc(N3CCNC3=O)ccc2F)C1. The van der Waals surface area contributed by atoms with E-state index in [4.69, 9.17) is 4.74 Å². The van der Waals surface area contributed by atoms with Crippen LogP contribution in [0.2, 0.25) is 0 Å². The fourth-order valence-corrected chi connectivity index (χ4v) is 4.19. The predicted molar refractivity (Wildman–Crippen MR) is 108 cm³/mol. The molecule has 0 unspecified atom stereocenters. The molecular formula is C22H22FN3O4. The summed E-state index contributed by atoms with van der Waals surface area (Å²) in [7, 11) is 1.32. The Morgan fingerprint density at radius 3 is 2.57 bits per heavy atom. The van der Waals surface area contributed by atoms with Crippen LogP contribution in [-0.2, 0) is 14.9 Å². The van der Waals surface area contributed by atoms with Crippen molar-refractivity contribution in [2.24, 2.45) is 0 Å². The Bertz CT molecular complexity index is 997. The molecule has 156 valence electrons. The van der Waals surface area contributed by atoms with Gasteiger partial charge in [0.15, 0.2) is 0 Å². The van der Waals surface area contributed by atoms with Crippen molar-refractivity contribution in [2.45, 2.75) is 11.8 Å². The summed E-state index contributed by atoms with van der Waals surface area (Å²) in [5.74, 6) is -1.61. The molecule has 2 aliphatic rings. The number of ether oxygens (including phenoxy) is 1. The highest BCUT2D eigenvalue weighted by Gasteiger charge is 2.48. The molecule has 1 N–H and O–H groups in total.